The molecular weight excluding hydrogens is 366 g/mol. The van der Waals surface area contributed by atoms with Crippen molar-refractivity contribution in [2.45, 2.75) is 37.1 Å². The highest BCUT2D eigenvalue weighted by Crippen LogP contribution is 2.29. The molecule has 3 aromatic rings. The van der Waals surface area contributed by atoms with Crippen molar-refractivity contribution in [2.24, 2.45) is 0 Å². The molecule has 0 fully saturated rings. The topological polar surface area (TPSA) is 58.7 Å². The van der Waals surface area contributed by atoms with Crippen LogP contribution in [-0.2, 0) is 0 Å². The lowest BCUT2D eigenvalue weighted by Gasteiger charge is -2.18. The molecule has 0 spiro atoms. The van der Waals surface area contributed by atoms with E-state index in [1.165, 1.54) is 11.8 Å². The van der Waals surface area contributed by atoms with Crippen LogP contribution < -0.4 is 5.56 Å². The molecule has 132 valence electrons. The zero-order valence-electron chi connectivity index (χ0n) is 14.7. The van der Waals surface area contributed by atoms with Crippen LogP contribution in [0.4, 0.5) is 0 Å². The molecule has 0 aliphatic heterocycles. The quantitative estimate of drug-likeness (QED) is 0.460. The average molecular weight is 384 g/mol. The number of halogens is 1. The molecule has 0 radical (unpaired) electrons. The van der Waals surface area contributed by atoms with Gasteiger partial charge in [0.2, 0.25) is 0 Å². The smallest absolute Gasteiger partial charge is 0.266 e. The first-order valence-corrected chi connectivity index (χ1v) is 9.56. The minimum atomic E-state index is -0.337. The van der Waals surface area contributed by atoms with Gasteiger partial charge in [0.1, 0.15) is 0 Å². The van der Waals surface area contributed by atoms with Gasteiger partial charge < -0.3 is 0 Å². The first-order valence-electron chi connectivity index (χ1n) is 8.30. The second kappa shape index (κ2) is 7.53. The summed E-state index contributed by atoms with van der Waals surface area (Å²) in [5, 5.41) is 10.4. The summed E-state index contributed by atoms with van der Waals surface area (Å²) < 4.78 is 1.62. The van der Waals surface area contributed by atoms with E-state index in [0.717, 1.165) is 11.3 Å². The maximum atomic E-state index is 13.3. The van der Waals surface area contributed by atoms with Crippen molar-refractivity contribution in [1.82, 2.24) is 9.55 Å². The molecule has 1 aromatic heterocycles. The van der Waals surface area contributed by atoms with E-state index in [-0.39, 0.29) is 16.7 Å². The molecule has 1 heterocycles. The third-order valence-electron chi connectivity index (χ3n) is 4.06. The van der Waals surface area contributed by atoms with E-state index in [0.29, 0.717) is 21.1 Å². The summed E-state index contributed by atoms with van der Waals surface area (Å²) in [6.45, 7) is 5.96. The summed E-state index contributed by atoms with van der Waals surface area (Å²) >= 11 is 7.34. The van der Waals surface area contributed by atoms with Crippen molar-refractivity contribution in [3.63, 3.8) is 0 Å². The summed E-state index contributed by atoms with van der Waals surface area (Å²) in [7, 11) is 0. The van der Waals surface area contributed by atoms with E-state index in [2.05, 4.69) is 24.9 Å². The van der Waals surface area contributed by atoms with Gasteiger partial charge in [0.25, 0.3) is 5.56 Å². The molecular formula is C20H18ClN3OS. The molecule has 26 heavy (non-hydrogen) atoms. The zero-order chi connectivity index (χ0) is 18.8. The number of thioether (sulfide) groups is 1. The number of rotatable bonds is 4. The number of aromatic nitrogens is 2. The van der Waals surface area contributed by atoms with Crippen LogP contribution in [0.15, 0.2) is 52.4 Å². The van der Waals surface area contributed by atoms with Crippen molar-refractivity contribution < 1.29 is 0 Å². The summed E-state index contributed by atoms with van der Waals surface area (Å²) in [5.74, 6) is 0.241. The second-order valence-electron chi connectivity index (χ2n) is 6.30. The van der Waals surface area contributed by atoms with Crippen molar-refractivity contribution >= 4 is 34.3 Å². The van der Waals surface area contributed by atoms with Gasteiger partial charge in [-0.1, -0.05) is 55.4 Å². The number of para-hydroxylation sites is 1. The number of fused-ring (bicyclic) bond motifs is 1. The van der Waals surface area contributed by atoms with E-state index >= 15 is 0 Å². The first kappa shape index (κ1) is 18.5. The molecule has 0 amide bonds. The molecule has 3 rings (SSSR count). The van der Waals surface area contributed by atoms with E-state index in [9.17, 15) is 10.1 Å². The van der Waals surface area contributed by atoms with Crippen molar-refractivity contribution in [3.05, 3.63) is 63.4 Å². The van der Waals surface area contributed by atoms with Crippen LogP contribution in [0.2, 0.25) is 5.02 Å². The molecule has 1 atom stereocenters. The molecule has 0 bridgehead atoms. The van der Waals surface area contributed by atoms with Gasteiger partial charge in [0, 0.05) is 5.02 Å². The van der Waals surface area contributed by atoms with Crippen molar-refractivity contribution in [3.8, 4) is 11.8 Å². The average Bonchev–Trinajstić information content (AvgIpc) is 2.61. The number of hydrogen-bond acceptors (Lipinski definition) is 4. The van der Waals surface area contributed by atoms with E-state index in [1.807, 2.05) is 24.3 Å². The Hall–Kier alpha value is -2.29. The largest absolute Gasteiger partial charge is 0.268 e. The summed E-state index contributed by atoms with van der Waals surface area (Å²) in [4.78, 5) is 17.9. The Labute approximate surface area is 161 Å². The maximum Gasteiger partial charge on any atom is 0.266 e. The van der Waals surface area contributed by atoms with Crippen LogP contribution in [0.3, 0.4) is 0 Å². The van der Waals surface area contributed by atoms with Gasteiger partial charge >= 0.3 is 0 Å². The number of benzene rings is 2. The van der Waals surface area contributed by atoms with Crippen LogP contribution in [0.5, 0.6) is 0 Å². The lowest BCUT2D eigenvalue weighted by molar-refractivity contribution is 0.779. The summed E-state index contributed by atoms with van der Waals surface area (Å²) in [6, 6.07) is 15.1. The number of hydrogen-bond donors (Lipinski definition) is 0. The fraction of sp³-hybridized carbons (Fsp3) is 0.250. The van der Waals surface area contributed by atoms with Crippen LogP contribution in [0.25, 0.3) is 16.6 Å². The molecule has 2 aromatic carbocycles. The third kappa shape index (κ3) is 3.48. The van der Waals surface area contributed by atoms with Crippen LogP contribution in [0, 0.1) is 11.3 Å². The summed E-state index contributed by atoms with van der Waals surface area (Å²) in [5.41, 5.74) is 2.22. The predicted octanol–water partition coefficient (Wildman–Crippen LogP) is 5.17. The standard InChI is InChI=1S/C20H18ClN3OS/c1-12(2)15-6-4-5-7-18(15)24-19(25)16-9-8-14(21)10-17(16)23-20(24)26-13(3)11-22/h4-10,12-13H,1-3H3/t13-/m1/s1. The fourth-order valence-electron chi connectivity index (χ4n) is 2.79. The molecule has 0 aliphatic rings. The molecule has 0 saturated carbocycles. The highest BCUT2D eigenvalue weighted by atomic mass is 35.5. The van der Waals surface area contributed by atoms with Gasteiger partial charge in [-0.15, -0.1) is 0 Å². The lowest BCUT2D eigenvalue weighted by atomic mass is 10.0. The van der Waals surface area contributed by atoms with Crippen LogP contribution >= 0.6 is 23.4 Å². The SMILES string of the molecule is CC(C)c1ccccc1-n1c(S[C@H](C)C#N)nc2cc(Cl)ccc2c1=O. The Morgan fingerprint density at radius 2 is 1.92 bits per heavy atom. The molecule has 0 saturated heterocycles. The predicted molar refractivity (Wildman–Crippen MR) is 107 cm³/mol. The minimum absolute atomic E-state index is 0.160. The fourth-order valence-corrected chi connectivity index (χ4v) is 3.77. The highest BCUT2D eigenvalue weighted by Gasteiger charge is 2.18. The normalized spacial score (nSPS) is 12.3. The lowest BCUT2D eigenvalue weighted by Crippen LogP contribution is -2.23. The van der Waals surface area contributed by atoms with E-state index in [1.54, 1.807) is 29.7 Å². The van der Waals surface area contributed by atoms with Gasteiger partial charge in [0.05, 0.1) is 27.9 Å². The molecule has 6 heteroatoms. The molecule has 4 nitrogen and oxygen atoms in total. The number of nitriles is 1. The van der Waals surface area contributed by atoms with Gasteiger partial charge in [-0.3, -0.25) is 9.36 Å². The third-order valence-corrected chi connectivity index (χ3v) is 5.24. The van der Waals surface area contributed by atoms with Gasteiger partial charge in [-0.25, -0.2) is 4.98 Å². The highest BCUT2D eigenvalue weighted by molar-refractivity contribution is 8.00. The number of nitrogens with zero attached hydrogens (tertiary/aromatic N) is 3. The van der Waals surface area contributed by atoms with E-state index < -0.39 is 0 Å². The Morgan fingerprint density at radius 1 is 1.19 bits per heavy atom. The van der Waals surface area contributed by atoms with Crippen molar-refractivity contribution in [2.75, 3.05) is 0 Å². The Bertz CT molecular complexity index is 1070. The zero-order valence-corrected chi connectivity index (χ0v) is 16.3. The van der Waals surface area contributed by atoms with Gasteiger partial charge in [0.15, 0.2) is 5.16 Å². The maximum absolute atomic E-state index is 13.3. The first-order chi connectivity index (χ1) is 12.4. The minimum Gasteiger partial charge on any atom is -0.268 e. The Morgan fingerprint density at radius 3 is 2.62 bits per heavy atom. The van der Waals surface area contributed by atoms with Crippen LogP contribution in [0.1, 0.15) is 32.3 Å². The Kier molecular flexibility index (Phi) is 5.36. The van der Waals surface area contributed by atoms with Gasteiger partial charge in [-0.2, -0.15) is 5.26 Å². The van der Waals surface area contributed by atoms with Crippen LogP contribution in [-0.4, -0.2) is 14.8 Å². The second-order valence-corrected chi connectivity index (χ2v) is 8.04. The van der Waals surface area contributed by atoms with Gasteiger partial charge in [-0.05, 0) is 42.7 Å². The molecule has 0 aliphatic carbocycles. The molecule has 0 unspecified atom stereocenters. The monoisotopic (exact) mass is 383 g/mol. The molecule has 0 N–H and O–H groups in total. The summed E-state index contributed by atoms with van der Waals surface area (Å²) in [6.07, 6.45) is 0. The van der Waals surface area contributed by atoms with Crippen molar-refractivity contribution in [1.29, 1.82) is 5.26 Å². The Balaban J connectivity index is 2.38. The van der Waals surface area contributed by atoms with E-state index in [4.69, 9.17) is 11.6 Å².